The summed E-state index contributed by atoms with van der Waals surface area (Å²) in [7, 11) is 2.18. The van der Waals surface area contributed by atoms with E-state index < -0.39 is 0 Å². The van der Waals surface area contributed by atoms with Crippen LogP contribution in [-0.4, -0.2) is 36.1 Å². The van der Waals surface area contributed by atoms with E-state index in [1.165, 1.54) is 19.4 Å². The maximum absolute atomic E-state index is 4.09. The second kappa shape index (κ2) is 4.42. The monoisotopic (exact) mass is 191 g/mol. The van der Waals surface area contributed by atoms with E-state index in [0.717, 1.165) is 12.2 Å². The van der Waals surface area contributed by atoms with Gasteiger partial charge in [0, 0.05) is 25.0 Å². The van der Waals surface area contributed by atoms with Gasteiger partial charge >= 0.3 is 0 Å². The minimum atomic E-state index is 0.581. The van der Waals surface area contributed by atoms with Crippen LogP contribution in [0.4, 0.5) is 5.69 Å². The molecular weight excluding hydrogens is 174 g/mol. The molecule has 3 nitrogen and oxygen atoms in total. The predicted molar refractivity (Wildman–Crippen MR) is 58.4 cm³/mol. The first kappa shape index (κ1) is 9.46. The Morgan fingerprint density at radius 1 is 1.57 bits per heavy atom. The highest BCUT2D eigenvalue weighted by molar-refractivity contribution is 5.40. The quantitative estimate of drug-likeness (QED) is 0.769. The van der Waals surface area contributed by atoms with Gasteiger partial charge in [0.1, 0.15) is 0 Å². The minimum Gasteiger partial charge on any atom is -0.380 e. The lowest BCUT2D eigenvalue weighted by molar-refractivity contribution is 0.261. The zero-order chi connectivity index (χ0) is 9.80. The number of likely N-dealkylation sites (N-methyl/N-ethyl adjacent to an activating group) is 1. The number of aromatic nitrogens is 1. The smallest absolute Gasteiger partial charge is 0.0529 e. The van der Waals surface area contributed by atoms with Gasteiger partial charge in [0.05, 0.1) is 5.69 Å². The SMILES string of the molecule is CN1CCCC(Nc2cccnc2)C1. The maximum Gasteiger partial charge on any atom is 0.0529 e. The van der Waals surface area contributed by atoms with Crippen molar-refractivity contribution >= 4 is 5.69 Å². The fourth-order valence-electron chi connectivity index (χ4n) is 1.97. The van der Waals surface area contributed by atoms with Crippen LogP contribution >= 0.6 is 0 Å². The molecule has 1 fully saturated rings. The van der Waals surface area contributed by atoms with Gasteiger partial charge < -0.3 is 10.2 Å². The van der Waals surface area contributed by atoms with Gasteiger partial charge in [-0.1, -0.05) is 0 Å². The van der Waals surface area contributed by atoms with Crippen LogP contribution in [0.25, 0.3) is 0 Å². The van der Waals surface area contributed by atoms with Crippen molar-refractivity contribution in [3.63, 3.8) is 0 Å². The van der Waals surface area contributed by atoms with Crippen LogP contribution in [0, 0.1) is 0 Å². The molecule has 76 valence electrons. The first-order valence-electron chi connectivity index (χ1n) is 5.20. The summed E-state index contributed by atoms with van der Waals surface area (Å²) in [4.78, 5) is 6.47. The number of hydrogen-bond acceptors (Lipinski definition) is 3. The number of nitrogens with one attached hydrogen (secondary N) is 1. The normalized spacial score (nSPS) is 23.4. The molecule has 0 aromatic carbocycles. The summed E-state index contributed by atoms with van der Waals surface area (Å²) in [5.74, 6) is 0. The molecule has 1 aromatic heterocycles. The van der Waals surface area contributed by atoms with E-state index in [4.69, 9.17) is 0 Å². The lowest BCUT2D eigenvalue weighted by Gasteiger charge is -2.30. The van der Waals surface area contributed by atoms with Crippen LogP contribution in [0.5, 0.6) is 0 Å². The van der Waals surface area contributed by atoms with E-state index in [2.05, 4.69) is 28.3 Å². The second-order valence-corrected chi connectivity index (χ2v) is 3.99. The summed E-state index contributed by atoms with van der Waals surface area (Å²) in [6.07, 6.45) is 6.24. The Morgan fingerprint density at radius 2 is 2.50 bits per heavy atom. The molecule has 1 aromatic rings. The van der Waals surface area contributed by atoms with E-state index in [-0.39, 0.29) is 0 Å². The Bertz CT molecular complexity index is 273. The van der Waals surface area contributed by atoms with Gasteiger partial charge in [-0.15, -0.1) is 0 Å². The molecule has 0 spiro atoms. The highest BCUT2D eigenvalue weighted by Gasteiger charge is 2.16. The molecule has 0 amide bonds. The molecular formula is C11H17N3. The summed E-state index contributed by atoms with van der Waals surface area (Å²) in [6, 6.07) is 4.62. The van der Waals surface area contributed by atoms with Gasteiger partial charge in [-0.05, 0) is 38.6 Å². The Morgan fingerprint density at radius 3 is 3.21 bits per heavy atom. The van der Waals surface area contributed by atoms with Crippen molar-refractivity contribution in [2.24, 2.45) is 0 Å². The lowest BCUT2D eigenvalue weighted by Crippen LogP contribution is -2.39. The summed E-state index contributed by atoms with van der Waals surface area (Å²) >= 11 is 0. The number of likely N-dealkylation sites (tertiary alicyclic amines) is 1. The highest BCUT2D eigenvalue weighted by atomic mass is 15.1. The van der Waals surface area contributed by atoms with Crippen molar-refractivity contribution in [3.8, 4) is 0 Å². The van der Waals surface area contributed by atoms with Gasteiger partial charge in [-0.2, -0.15) is 0 Å². The second-order valence-electron chi connectivity index (χ2n) is 3.99. The van der Waals surface area contributed by atoms with Gasteiger partial charge in [0.2, 0.25) is 0 Å². The largest absolute Gasteiger partial charge is 0.380 e. The number of piperidine rings is 1. The molecule has 14 heavy (non-hydrogen) atoms. The molecule has 1 N–H and O–H groups in total. The number of pyridine rings is 1. The average Bonchev–Trinajstić information content (AvgIpc) is 2.19. The van der Waals surface area contributed by atoms with E-state index in [9.17, 15) is 0 Å². The van der Waals surface area contributed by atoms with Crippen molar-refractivity contribution in [2.75, 3.05) is 25.5 Å². The summed E-state index contributed by atoms with van der Waals surface area (Å²) in [5.41, 5.74) is 1.13. The molecule has 0 saturated carbocycles. The Hall–Kier alpha value is -1.09. The van der Waals surface area contributed by atoms with E-state index in [1.807, 2.05) is 12.3 Å². The average molecular weight is 191 g/mol. The number of anilines is 1. The highest BCUT2D eigenvalue weighted by Crippen LogP contribution is 2.13. The summed E-state index contributed by atoms with van der Waals surface area (Å²) < 4.78 is 0. The molecule has 1 unspecified atom stereocenters. The van der Waals surface area contributed by atoms with Gasteiger partial charge in [0.15, 0.2) is 0 Å². The third-order valence-electron chi connectivity index (χ3n) is 2.66. The van der Waals surface area contributed by atoms with Crippen molar-refractivity contribution in [3.05, 3.63) is 24.5 Å². The van der Waals surface area contributed by atoms with E-state index in [1.54, 1.807) is 6.20 Å². The first-order chi connectivity index (χ1) is 6.84. The van der Waals surface area contributed by atoms with Crippen molar-refractivity contribution in [1.82, 2.24) is 9.88 Å². The van der Waals surface area contributed by atoms with Crippen LogP contribution in [0.3, 0.4) is 0 Å². The van der Waals surface area contributed by atoms with Crippen LogP contribution in [-0.2, 0) is 0 Å². The zero-order valence-corrected chi connectivity index (χ0v) is 8.61. The van der Waals surface area contributed by atoms with E-state index >= 15 is 0 Å². The standard InChI is InChI=1S/C11H17N3/c1-14-7-3-5-11(9-14)13-10-4-2-6-12-8-10/h2,4,6,8,11,13H,3,5,7,9H2,1H3. The van der Waals surface area contributed by atoms with Crippen molar-refractivity contribution in [1.29, 1.82) is 0 Å². The summed E-state index contributed by atoms with van der Waals surface area (Å²) in [6.45, 7) is 2.36. The van der Waals surface area contributed by atoms with Crippen LogP contribution in [0.15, 0.2) is 24.5 Å². The molecule has 0 aliphatic carbocycles. The number of hydrogen-bond donors (Lipinski definition) is 1. The molecule has 1 atom stereocenters. The zero-order valence-electron chi connectivity index (χ0n) is 8.61. The maximum atomic E-state index is 4.09. The number of nitrogens with zero attached hydrogens (tertiary/aromatic N) is 2. The fourth-order valence-corrected chi connectivity index (χ4v) is 1.97. The Kier molecular flexibility index (Phi) is 2.99. The Labute approximate surface area is 85.1 Å². The molecule has 0 bridgehead atoms. The topological polar surface area (TPSA) is 28.2 Å². The van der Waals surface area contributed by atoms with E-state index in [0.29, 0.717) is 6.04 Å². The van der Waals surface area contributed by atoms with Crippen LogP contribution < -0.4 is 5.32 Å². The molecule has 3 heteroatoms. The van der Waals surface area contributed by atoms with Crippen LogP contribution in [0.2, 0.25) is 0 Å². The van der Waals surface area contributed by atoms with Crippen LogP contribution in [0.1, 0.15) is 12.8 Å². The Balaban J connectivity index is 1.91. The number of rotatable bonds is 2. The molecule has 2 rings (SSSR count). The molecule has 1 aliphatic rings. The molecule has 2 heterocycles. The van der Waals surface area contributed by atoms with Gasteiger partial charge in [-0.25, -0.2) is 0 Å². The fraction of sp³-hybridized carbons (Fsp3) is 0.545. The van der Waals surface area contributed by atoms with Crippen molar-refractivity contribution < 1.29 is 0 Å². The minimum absolute atomic E-state index is 0.581. The third kappa shape index (κ3) is 2.45. The predicted octanol–water partition coefficient (Wildman–Crippen LogP) is 1.59. The lowest BCUT2D eigenvalue weighted by atomic mass is 10.1. The molecule has 1 saturated heterocycles. The van der Waals surface area contributed by atoms with Gasteiger partial charge in [0.25, 0.3) is 0 Å². The van der Waals surface area contributed by atoms with Gasteiger partial charge in [-0.3, -0.25) is 4.98 Å². The molecule has 0 radical (unpaired) electrons. The third-order valence-corrected chi connectivity index (χ3v) is 2.66. The summed E-state index contributed by atoms with van der Waals surface area (Å²) in [5, 5.41) is 3.51. The molecule has 1 aliphatic heterocycles. The first-order valence-corrected chi connectivity index (χ1v) is 5.20. The van der Waals surface area contributed by atoms with Crippen molar-refractivity contribution in [2.45, 2.75) is 18.9 Å².